The van der Waals surface area contributed by atoms with E-state index < -0.39 is 0 Å². The second kappa shape index (κ2) is 8.33. The number of aromatic nitrogens is 4. The first-order valence-corrected chi connectivity index (χ1v) is 6.97. The minimum Gasteiger partial charge on any atom is -0.492 e. The van der Waals surface area contributed by atoms with E-state index in [1.54, 1.807) is 11.8 Å². The Morgan fingerprint density at radius 2 is 2.05 bits per heavy atom. The molecule has 114 valence electrons. The first kappa shape index (κ1) is 15.4. The summed E-state index contributed by atoms with van der Waals surface area (Å²) in [5.41, 5.74) is 0. The monoisotopic (exact) mass is 291 g/mol. The van der Waals surface area contributed by atoms with Gasteiger partial charge in [0.15, 0.2) is 5.82 Å². The van der Waals surface area contributed by atoms with Gasteiger partial charge in [-0.05, 0) is 29.5 Å². The zero-order chi connectivity index (χ0) is 14.9. The van der Waals surface area contributed by atoms with E-state index in [2.05, 4.69) is 20.8 Å². The molecule has 21 heavy (non-hydrogen) atoms. The molecular formula is C14H21N5O2. The SMILES string of the molecule is COCCNC(C)c1nnnn1CCOc1ccccc1. The van der Waals surface area contributed by atoms with E-state index in [0.717, 1.165) is 18.1 Å². The molecule has 1 aromatic carbocycles. The van der Waals surface area contributed by atoms with Gasteiger partial charge >= 0.3 is 0 Å². The molecule has 0 saturated heterocycles. The van der Waals surface area contributed by atoms with Crippen molar-refractivity contribution in [3.05, 3.63) is 36.2 Å². The molecule has 0 bridgehead atoms. The van der Waals surface area contributed by atoms with Crippen LogP contribution in [0.5, 0.6) is 5.75 Å². The van der Waals surface area contributed by atoms with Crippen molar-refractivity contribution in [2.45, 2.75) is 19.5 Å². The van der Waals surface area contributed by atoms with Crippen LogP contribution in [0.25, 0.3) is 0 Å². The van der Waals surface area contributed by atoms with Crippen molar-refractivity contribution in [1.82, 2.24) is 25.5 Å². The highest BCUT2D eigenvalue weighted by atomic mass is 16.5. The quantitative estimate of drug-likeness (QED) is 0.696. The summed E-state index contributed by atoms with van der Waals surface area (Å²) >= 11 is 0. The van der Waals surface area contributed by atoms with Crippen molar-refractivity contribution in [2.75, 3.05) is 26.9 Å². The lowest BCUT2D eigenvalue weighted by atomic mass is 10.3. The van der Waals surface area contributed by atoms with Gasteiger partial charge in [0.2, 0.25) is 0 Å². The molecule has 1 heterocycles. The Bertz CT molecular complexity index is 517. The molecule has 0 aliphatic rings. The molecular weight excluding hydrogens is 270 g/mol. The smallest absolute Gasteiger partial charge is 0.168 e. The molecule has 0 amide bonds. The maximum absolute atomic E-state index is 5.66. The maximum Gasteiger partial charge on any atom is 0.168 e. The van der Waals surface area contributed by atoms with Crippen LogP contribution in [0.3, 0.4) is 0 Å². The molecule has 0 spiro atoms. The molecule has 0 aliphatic carbocycles. The minimum absolute atomic E-state index is 0.0619. The van der Waals surface area contributed by atoms with Crippen molar-refractivity contribution in [3.63, 3.8) is 0 Å². The molecule has 7 nitrogen and oxygen atoms in total. The van der Waals surface area contributed by atoms with Crippen molar-refractivity contribution in [2.24, 2.45) is 0 Å². The lowest BCUT2D eigenvalue weighted by molar-refractivity contribution is 0.195. The molecule has 7 heteroatoms. The predicted molar refractivity (Wildman–Crippen MR) is 78.0 cm³/mol. The van der Waals surface area contributed by atoms with Gasteiger partial charge in [-0.3, -0.25) is 0 Å². The van der Waals surface area contributed by atoms with E-state index in [9.17, 15) is 0 Å². The topological polar surface area (TPSA) is 74.1 Å². The number of nitrogens with zero attached hydrogens (tertiary/aromatic N) is 4. The number of hydrogen-bond acceptors (Lipinski definition) is 6. The third kappa shape index (κ3) is 4.80. The Hall–Kier alpha value is -1.99. The van der Waals surface area contributed by atoms with E-state index in [1.807, 2.05) is 37.3 Å². The van der Waals surface area contributed by atoms with E-state index in [4.69, 9.17) is 9.47 Å². The zero-order valence-electron chi connectivity index (χ0n) is 12.4. The van der Waals surface area contributed by atoms with Gasteiger partial charge in [-0.2, -0.15) is 0 Å². The van der Waals surface area contributed by atoms with Crippen LogP contribution in [-0.2, 0) is 11.3 Å². The third-order valence-electron chi connectivity index (χ3n) is 3.02. The fraction of sp³-hybridized carbons (Fsp3) is 0.500. The van der Waals surface area contributed by atoms with E-state index in [1.165, 1.54) is 0 Å². The fourth-order valence-electron chi connectivity index (χ4n) is 1.92. The van der Waals surface area contributed by atoms with Crippen LogP contribution >= 0.6 is 0 Å². The zero-order valence-corrected chi connectivity index (χ0v) is 12.4. The van der Waals surface area contributed by atoms with Crippen molar-refractivity contribution >= 4 is 0 Å². The van der Waals surface area contributed by atoms with Crippen molar-refractivity contribution < 1.29 is 9.47 Å². The summed E-state index contributed by atoms with van der Waals surface area (Å²) in [4.78, 5) is 0. The predicted octanol–water partition coefficient (Wildman–Crippen LogP) is 1.05. The summed E-state index contributed by atoms with van der Waals surface area (Å²) in [6, 6.07) is 9.76. The molecule has 0 aliphatic heterocycles. The van der Waals surface area contributed by atoms with Crippen molar-refractivity contribution in [1.29, 1.82) is 0 Å². The van der Waals surface area contributed by atoms with Crippen LogP contribution in [0.15, 0.2) is 30.3 Å². The number of hydrogen-bond donors (Lipinski definition) is 1. The van der Waals surface area contributed by atoms with Gasteiger partial charge in [-0.15, -0.1) is 5.10 Å². The molecule has 0 saturated carbocycles. The van der Waals surface area contributed by atoms with Gasteiger partial charge in [-0.1, -0.05) is 18.2 Å². The maximum atomic E-state index is 5.66. The van der Waals surface area contributed by atoms with Crippen LogP contribution in [-0.4, -0.2) is 47.1 Å². The second-order valence-corrected chi connectivity index (χ2v) is 4.59. The van der Waals surface area contributed by atoms with Gasteiger partial charge in [0, 0.05) is 13.7 Å². The average molecular weight is 291 g/mol. The number of rotatable bonds is 9. The molecule has 0 radical (unpaired) electrons. The Kier molecular flexibility index (Phi) is 6.11. The van der Waals surface area contributed by atoms with E-state index >= 15 is 0 Å². The van der Waals surface area contributed by atoms with E-state index in [0.29, 0.717) is 19.8 Å². The lowest BCUT2D eigenvalue weighted by Crippen LogP contribution is -2.26. The first-order chi connectivity index (χ1) is 10.3. The molecule has 1 aromatic heterocycles. The number of tetrazole rings is 1. The summed E-state index contributed by atoms with van der Waals surface area (Å²) in [6.45, 7) is 4.56. The number of benzene rings is 1. The number of methoxy groups -OCH3 is 1. The summed E-state index contributed by atoms with van der Waals surface area (Å²) in [5.74, 6) is 1.64. The molecule has 2 rings (SSSR count). The highest BCUT2D eigenvalue weighted by Crippen LogP contribution is 2.10. The molecule has 2 aromatic rings. The van der Waals surface area contributed by atoms with Gasteiger partial charge in [0.05, 0.1) is 19.2 Å². The number of ether oxygens (including phenoxy) is 2. The van der Waals surface area contributed by atoms with Crippen LogP contribution < -0.4 is 10.1 Å². The third-order valence-corrected chi connectivity index (χ3v) is 3.02. The van der Waals surface area contributed by atoms with Crippen LogP contribution in [0.2, 0.25) is 0 Å². The van der Waals surface area contributed by atoms with Crippen molar-refractivity contribution in [3.8, 4) is 5.75 Å². The molecule has 1 N–H and O–H groups in total. The minimum atomic E-state index is 0.0619. The largest absolute Gasteiger partial charge is 0.492 e. The highest BCUT2D eigenvalue weighted by Gasteiger charge is 2.13. The highest BCUT2D eigenvalue weighted by molar-refractivity contribution is 5.20. The standard InChI is InChI=1S/C14H21N5O2/c1-12(15-8-10-20-2)14-16-17-18-19(14)9-11-21-13-6-4-3-5-7-13/h3-7,12,15H,8-11H2,1-2H3. The summed E-state index contributed by atoms with van der Waals surface area (Å²) in [6.07, 6.45) is 0. The van der Waals surface area contributed by atoms with Gasteiger partial charge in [0.25, 0.3) is 0 Å². The fourth-order valence-corrected chi connectivity index (χ4v) is 1.92. The number of para-hydroxylation sites is 1. The summed E-state index contributed by atoms with van der Waals surface area (Å²) < 4.78 is 12.4. The Balaban J connectivity index is 1.82. The first-order valence-electron chi connectivity index (χ1n) is 6.97. The lowest BCUT2D eigenvalue weighted by Gasteiger charge is -2.13. The van der Waals surface area contributed by atoms with Crippen LogP contribution in [0, 0.1) is 0 Å². The Morgan fingerprint density at radius 1 is 1.24 bits per heavy atom. The van der Waals surface area contributed by atoms with Gasteiger partial charge in [-0.25, -0.2) is 4.68 Å². The molecule has 1 unspecified atom stereocenters. The average Bonchev–Trinajstić information content (AvgIpc) is 2.97. The summed E-state index contributed by atoms with van der Waals surface area (Å²) in [5, 5.41) is 15.1. The van der Waals surface area contributed by atoms with Gasteiger partial charge in [0.1, 0.15) is 12.4 Å². The Morgan fingerprint density at radius 3 is 2.81 bits per heavy atom. The van der Waals surface area contributed by atoms with Gasteiger partial charge < -0.3 is 14.8 Å². The second-order valence-electron chi connectivity index (χ2n) is 4.59. The summed E-state index contributed by atoms with van der Waals surface area (Å²) in [7, 11) is 1.68. The molecule has 1 atom stereocenters. The number of nitrogens with one attached hydrogen (secondary N) is 1. The molecule has 0 fully saturated rings. The normalized spacial score (nSPS) is 12.3. The van der Waals surface area contributed by atoms with E-state index in [-0.39, 0.29) is 6.04 Å². The van der Waals surface area contributed by atoms with Crippen LogP contribution in [0.1, 0.15) is 18.8 Å². The van der Waals surface area contributed by atoms with Crippen LogP contribution in [0.4, 0.5) is 0 Å². The Labute approximate surface area is 124 Å².